The molecule has 0 saturated carbocycles. The lowest BCUT2D eigenvalue weighted by Crippen LogP contribution is -2.45. The molecule has 0 aromatic rings. The van der Waals surface area contributed by atoms with Gasteiger partial charge >= 0.3 is 11.9 Å². The van der Waals surface area contributed by atoms with Crippen molar-refractivity contribution in [2.24, 2.45) is 11.8 Å². The normalized spacial score (nSPS) is 35.2. The molecule has 0 unspecified atom stereocenters. The second kappa shape index (κ2) is 6.96. The summed E-state index contributed by atoms with van der Waals surface area (Å²) in [6.07, 6.45) is 0.460. The fourth-order valence-electron chi connectivity index (χ4n) is 3.90. The van der Waals surface area contributed by atoms with Gasteiger partial charge in [0.1, 0.15) is 18.0 Å². The van der Waals surface area contributed by atoms with Gasteiger partial charge in [0.25, 0.3) is 0 Å². The molecular weight excluding hydrogens is 352 g/mol. The number of carbonyl (C=O) groups excluding carboxylic acids is 3. The van der Waals surface area contributed by atoms with E-state index in [-0.39, 0.29) is 30.8 Å². The van der Waals surface area contributed by atoms with E-state index in [4.69, 9.17) is 18.9 Å². The molecule has 3 aliphatic rings. The van der Waals surface area contributed by atoms with Gasteiger partial charge in [-0.3, -0.25) is 9.59 Å². The Hall–Kier alpha value is -2.41. The van der Waals surface area contributed by atoms with Gasteiger partial charge in [0.15, 0.2) is 5.60 Å². The maximum absolute atomic E-state index is 12.5. The Balaban J connectivity index is 2.03. The van der Waals surface area contributed by atoms with Crippen LogP contribution in [0.15, 0.2) is 36.1 Å². The van der Waals surface area contributed by atoms with Crippen LogP contribution in [0.3, 0.4) is 0 Å². The molecule has 0 aromatic carbocycles. The van der Waals surface area contributed by atoms with Crippen molar-refractivity contribution in [2.75, 3.05) is 13.7 Å². The van der Waals surface area contributed by atoms with Gasteiger partial charge < -0.3 is 18.9 Å². The first-order valence-corrected chi connectivity index (χ1v) is 8.85. The molecule has 2 bridgehead atoms. The molecule has 3 aliphatic heterocycles. The van der Waals surface area contributed by atoms with Crippen molar-refractivity contribution in [2.45, 2.75) is 44.5 Å². The quantitative estimate of drug-likeness (QED) is 0.547. The molecule has 7 heteroatoms. The highest BCUT2D eigenvalue weighted by Gasteiger charge is 2.55. The first-order chi connectivity index (χ1) is 12.7. The highest BCUT2D eigenvalue weighted by Crippen LogP contribution is 2.44. The molecule has 146 valence electrons. The fourth-order valence-corrected chi connectivity index (χ4v) is 3.90. The first kappa shape index (κ1) is 19.4. The molecule has 2 fully saturated rings. The number of hydrogen-bond donors (Lipinski definition) is 0. The van der Waals surface area contributed by atoms with Crippen LogP contribution in [0.25, 0.3) is 0 Å². The van der Waals surface area contributed by atoms with Crippen LogP contribution in [-0.2, 0) is 33.3 Å². The van der Waals surface area contributed by atoms with Crippen molar-refractivity contribution in [1.82, 2.24) is 0 Å². The summed E-state index contributed by atoms with van der Waals surface area (Å²) in [6.45, 7) is 10.9. The molecule has 0 amide bonds. The number of esters is 2. The molecule has 0 N–H and O–H groups in total. The van der Waals surface area contributed by atoms with Gasteiger partial charge in [-0.1, -0.05) is 13.2 Å². The Morgan fingerprint density at radius 3 is 2.74 bits per heavy atom. The third-order valence-corrected chi connectivity index (χ3v) is 5.35. The second-order valence-electron chi connectivity index (χ2n) is 7.56. The molecule has 0 aromatic heterocycles. The molecule has 5 atom stereocenters. The molecule has 0 aliphatic carbocycles. The Bertz CT molecular complexity index is 749. The SMILES string of the molecule is C=C(C)C(=O)O[C@@H]1C[C@@]2(C)OC(=CC2=O)C(=C)C[C@@H]2OC(=O)[C@@H](COC)[C@@H]21. The molecule has 0 radical (unpaired) electrons. The predicted octanol–water partition coefficient (Wildman–Crippen LogP) is 1.87. The van der Waals surface area contributed by atoms with E-state index in [1.54, 1.807) is 13.8 Å². The van der Waals surface area contributed by atoms with Crippen LogP contribution in [0.5, 0.6) is 0 Å². The van der Waals surface area contributed by atoms with Gasteiger partial charge in [-0.15, -0.1) is 0 Å². The first-order valence-electron chi connectivity index (χ1n) is 8.85. The number of ether oxygens (including phenoxy) is 4. The van der Waals surface area contributed by atoms with Gasteiger partial charge in [-0.05, 0) is 19.4 Å². The minimum absolute atomic E-state index is 0.0934. The topological polar surface area (TPSA) is 88.1 Å². The standard InChI is InChI=1S/C20H24O7/c1-10(2)18(22)26-15-8-20(4)16(21)7-13(27-20)11(3)6-14-17(15)12(9-24-5)19(23)25-14/h7,12,14-15,17H,1,3,6,8-9H2,2,4-5H3/t12-,14-,15+,17-,20+/m0/s1. The zero-order chi connectivity index (χ0) is 19.9. The van der Waals surface area contributed by atoms with Crippen LogP contribution in [0.1, 0.15) is 26.7 Å². The second-order valence-corrected chi connectivity index (χ2v) is 7.56. The highest BCUT2D eigenvalue weighted by molar-refractivity contribution is 6.00. The summed E-state index contributed by atoms with van der Waals surface area (Å²) in [4.78, 5) is 37.2. The minimum atomic E-state index is -1.20. The average molecular weight is 376 g/mol. The molecule has 0 spiro atoms. The Labute approximate surface area is 158 Å². The molecule has 27 heavy (non-hydrogen) atoms. The van der Waals surface area contributed by atoms with Crippen LogP contribution in [0.2, 0.25) is 0 Å². The lowest BCUT2D eigenvalue weighted by molar-refractivity contribution is -0.155. The van der Waals surface area contributed by atoms with E-state index >= 15 is 0 Å². The smallest absolute Gasteiger partial charge is 0.333 e. The number of carbonyl (C=O) groups is 3. The molecular formula is C20H24O7. The van der Waals surface area contributed by atoms with Gasteiger partial charge in [0.2, 0.25) is 5.78 Å². The van der Waals surface area contributed by atoms with Crippen LogP contribution in [-0.4, -0.2) is 49.2 Å². The third-order valence-electron chi connectivity index (χ3n) is 5.35. The summed E-state index contributed by atoms with van der Waals surface area (Å²) < 4.78 is 22.3. The largest absolute Gasteiger partial charge is 0.479 e. The van der Waals surface area contributed by atoms with Crippen molar-refractivity contribution in [3.8, 4) is 0 Å². The van der Waals surface area contributed by atoms with Crippen molar-refractivity contribution in [1.29, 1.82) is 0 Å². The Kier molecular flexibility index (Phi) is 4.99. The predicted molar refractivity (Wildman–Crippen MR) is 94.4 cm³/mol. The zero-order valence-electron chi connectivity index (χ0n) is 15.8. The Morgan fingerprint density at radius 1 is 1.41 bits per heavy atom. The van der Waals surface area contributed by atoms with Crippen LogP contribution in [0, 0.1) is 11.8 Å². The van der Waals surface area contributed by atoms with Crippen LogP contribution in [0.4, 0.5) is 0 Å². The van der Waals surface area contributed by atoms with E-state index in [1.807, 2.05) is 0 Å². The fraction of sp³-hybridized carbons (Fsp3) is 0.550. The molecule has 3 heterocycles. The maximum atomic E-state index is 12.5. The zero-order valence-corrected chi connectivity index (χ0v) is 15.8. The summed E-state index contributed by atoms with van der Waals surface area (Å²) in [5.74, 6) is -1.92. The highest BCUT2D eigenvalue weighted by atomic mass is 16.6. The summed E-state index contributed by atoms with van der Waals surface area (Å²) in [7, 11) is 1.49. The van der Waals surface area contributed by atoms with Crippen LogP contribution >= 0.6 is 0 Å². The van der Waals surface area contributed by atoms with E-state index in [0.717, 1.165) is 0 Å². The number of hydrogen-bond acceptors (Lipinski definition) is 7. The Morgan fingerprint density at radius 2 is 2.11 bits per heavy atom. The van der Waals surface area contributed by atoms with Gasteiger partial charge in [-0.2, -0.15) is 0 Å². The lowest BCUT2D eigenvalue weighted by Gasteiger charge is -2.33. The summed E-state index contributed by atoms with van der Waals surface area (Å²) in [5, 5.41) is 0. The van der Waals surface area contributed by atoms with Crippen molar-refractivity contribution >= 4 is 17.7 Å². The van der Waals surface area contributed by atoms with E-state index < -0.39 is 41.6 Å². The monoisotopic (exact) mass is 376 g/mol. The number of allylic oxidation sites excluding steroid dienone is 1. The molecule has 2 saturated heterocycles. The number of fused-ring (bicyclic) bond motifs is 3. The maximum Gasteiger partial charge on any atom is 0.333 e. The van der Waals surface area contributed by atoms with Gasteiger partial charge in [0, 0.05) is 37.5 Å². The molecule has 3 rings (SSSR count). The number of methoxy groups -OCH3 is 1. The average Bonchev–Trinajstić information content (AvgIpc) is 3.05. The van der Waals surface area contributed by atoms with Crippen molar-refractivity contribution < 1.29 is 33.3 Å². The lowest BCUT2D eigenvalue weighted by atomic mass is 9.78. The molecule has 7 nitrogen and oxygen atoms in total. The van der Waals surface area contributed by atoms with E-state index in [2.05, 4.69) is 13.2 Å². The van der Waals surface area contributed by atoms with E-state index in [0.29, 0.717) is 11.3 Å². The number of rotatable bonds is 4. The van der Waals surface area contributed by atoms with E-state index in [1.165, 1.54) is 13.2 Å². The van der Waals surface area contributed by atoms with Gasteiger partial charge in [-0.25, -0.2) is 4.79 Å². The third kappa shape index (κ3) is 3.43. The van der Waals surface area contributed by atoms with Crippen LogP contribution < -0.4 is 0 Å². The van der Waals surface area contributed by atoms with Crippen molar-refractivity contribution in [3.63, 3.8) is 0 Å². The minimum Gasteiger partial charge on any atom is -0.479 e. The van der Waals surface area contributed by atoms with E-state index in [9.17, 15) is 14.4 Å². The summed E-state index contributed by atoms with van der Waals surface area (Å²) >= 11 is 0. The van der Waals surface area contributed by atoms with Crippen molar-refractivity contribution in [3.05, 3.63) is 36.1 Å². The summed E-state index contributed by atoms with van der Waals surface area (Å²) in [6, 6.07) is 0. The number of ketones is 1. The van der Waals surface area contributed by atoms with Gasteiger partial charge in [0.05, 0.1) is 12.5 Å². The summed E-state index contributed by atoms with van der Waals surface area (Å²) in [5.41, 5.74) is -0.400.